The monoisotopic (exact) mass is 345 g/mol. The molecule has 5 heteroatoms. The van der Waals surface area contributed by atoms with E-state index in [4.69, 9.17) is 4.74 Å². The van der Waals surface area contributed by atoms with Crippen molar-refractivity contribution in [2.75, 3.05) is 0 Å². The fourth-order valence-corrected chi connectivity index (χ4v) is 3.13. The molecule has 0 atom stereocenters. The van der Waals surface area contributed by atoms with Gasteiger partial charge in [0.25, 0.3) is 0 Å². The second kappa shape index (κ2) is 5.95. The van der Waals surface area contributed by atoms with Crippen LogP contribution in [0.5, 0.6) is 0 Å². The molecule has 0 aliphatic heterocycles. The van der Waals surface area contributed by atoms with E-state index in [1.165, 1.54) is 0 Å². The smallest absolute Gasteiger partial charge is 0.419 e. The Morgan fingerprint density at radius 3 is 2.54 bits per heavy atom. The number of carbonyl (C=O) groups is 1. The lowest BCUT2D eigenvalue weighted by molar-refractivity contribution is 0.0551. The first-order valence-corrected chi connectivity index (χ1v) is 8.47. The van der Waals surface area contributed by atoms with Gasteiger partial charge in [-0.15, -0.1) is 0 Å². The predicted molar refractivity (Wildman–Crippen MR) is 102 cm³/mol. The molecule has 0 amide bonds. The molecule has 3 heterocycles. The van der Waals surface area contributed by atoms with Crippen LogP contribution < -0.4 is 0 Å². The van der Waals surface area contributed by atoms with E-state index in [0.29, 0.717) is 5.69 Å². The number of benzene rings is 1. The van der Waals surface area contributed by atoms with Gasteiger partial charge in [-0.05, 0) is 45.0 Å². The number of nitrogens with zero attached hydrogens (tertiary/aromatic N) is 3. The highest BCUT2D eigenvalue weighted by atomic mass is 16.6. The Morgan fingerprint density at radius 2 is 1.81 bits per heavy atom. The fourth-order valence-electron chi connectivity index (χ4n) is 3.13. The SMILES string of the molecule is CC(C)(C)OC(=O)n1c2ccccc2c2ccnc(-c3cccnc3)c21. The third-order valence-electron chi connectivity index (χ3n) is 4.09. The van der Waals surface area contributed by atoms with Gasteiger partial charge >= 0.3 is 6.09 Å². The summed E-state index contributed by atoms with van der Waals surface area (Å²) in [7, 11) is 0. The molecule has 1 aromatic carbocycles. The molecule has 4 rings (SSSR count). The summed E-state index contributed by atoms with van der Waals surface area (Å²) >= 11 is 0. The lowest BCUT2D eigenvalue weighted by Crippen LogP contribution is -2.27. The van der Waals surface area contributed by atoms with Crippen LogP contribution in [0.4, 0.5) is 4.79 Å². The normalized spacial score (nSPS) is 11.8. The highest BCUT2D eigenvalue weighted by Gasteiger charge is 2.24. The standard InChI is InChI=1S/C21H19N3O2/c1-21(2,3)26-20(25)24-17-9-5-4-8-15(17)16-10-12-23-18(19(16)24)14-7-6-11-22-13-14/h4-13H,1-3H3. The minimum absolute atomic E-state index is 0.415. The zero-order valence-electron chi connectivity index (χ0n) is 14.9. The lowest BCUT2D eigenvalue weighted by atomic mass is 10.1. The number of hydrogen-bond donors (Lipinski definition) is 0. The Kier molecular flexibility index (Phi) is 3.72. The summed E-state index contributed by atoms with van der Waals surface area (Å²) in [6, 6.07) is 13.5. The van der Waals surface area contributed by atoms with Gasteiger partial charge in [0.15, 0.2) is 0 Å². The number of pyridine rings is 2. The number of ether oxygens (including phenoxy) is 1. The Morgan fingerprint density at radius 1 is 1.00 bits per heavy atom. The van der Waals surface area contributed by atoms with Gasteiger partial charge in [-0.2, -0.15) is 0 Å². The fraction of sp³-hybridized carbons (Fsp3) is 0.190. The van der Waals surface area contributed by atoms with Crippen LogP contribution in [0.1, 0.15) is 20.8 Å². The van der Waals surface area contributed by atoms with E-state index < -0.39 is 11.7 Å². The maximum absolute atomic E-state index is 13.0. The minimum atomic E-state index is -0.592. The van der Waals surface area contributed by atoms with E-state index in [2.05, 4.69) is 9.97 Å². The van der Waals surface area contributed by atoms with Gasteiger partial charge in [0.1, 0.15) is 5.60 Å². The van der Waals surface area contributed by atoms with Crippen molar-refractivity contribution in [2.45, 2.75) is 26.4 Å². The number of rotatable bonds is 1. The molecule has 0 spiro atoms. The molecule has 0 radical (unpaired) electrons. The zero-order valence-corrected chi connectivity index (χ0v) is 14.9. The number of aromatic nitrogens is 3. The molecule has 0 saturated carbocycles. The zero-order chi connectivity index (χ0) is 18.3. The van der Waals surface area contributed by atoms with Crippen molar-refractivity contribution in [3.05, 3.63) is 61.1 Å². The van der Waals surface area contributed by atoms with E-state index in [1.54, 1.807) is 23.2 Å². The first kappa shape index (κ1) is 16.3. The van der Waals surface area contributed by atoms with Crippen molar-refractivity contribution in [1.29, 1.82) is 0 Å². The molecular formula is C21H19N3O2. The third kappa shape index (κ3) is 2.71. The Labute approximate surface area is 151 Å². The first-order chi connectivity index (χ1) is 12.5. The van der Waals surface area contributed by atoms with Crippen LogP contribution in [0.15, 0.2) is 61.1 Å². The van der Waals surface area contributed by atoms with Gasteiger partial charge in [-0.25, -0.2) is 9.36 Å². The van der Waals surface area contributed by atoms with Gasteiger partial charge in [-0.3, -0.25) is 9.97 Å². The second-order valence-electron chi connectivity index (χ2n) is 7.13. The predicted octanol–water partition coefficient (Wildman–Crippen LogP) is 5.03. The molecule has 0 aliphatic rings. The average molecular weight is 345 g/mol. The summed E-state index contributed by atoms with van der Waals surface area (Å²) < 4.78 is 7.29. The number of fused-ring (bicyclic) bond motifs is 3. The molecule has 0 saturated heterocycles. The van der Waals surface area contributed by atoms with Crippen LogP contribution >= 0.6 is 0 Å². The summed E-state index contributed by atoms with van der Waals surface area (Å²) in [5, 5.41) is 1.95. The summed E-state index contributed by atoms with van der Waals surface area (Å²) in [5.41, 5.74) is 2.50. The summed E-state index contributed by atoms with van der Waals surface area (Å²) in [6.07, 6.45) is 4.81. The number of hydrogen-bond acceptors (Lipinski definition) is 4. The maximum Gasteiger partial charge on any atom is 0.419 e. The van der Waals surface area contributed by atoms with Gasteiger partial charge in [0.2, 0.25) is 0 Å². The molecule has 0 N–H and O–H groups in total. The van der Waals surface area contributed by atoms with Crippen molar-refractivity contribution in [3.63, 3.8) is 0 Å². The molecule has 0 unspecified atom stereocenters. The number of para-hydroxylation sites is 1. The van der Waals surface area contributed by atoms with Gasteiger partial charge in [0, 0.05) is 34.9 Å². The third-order valence-corrected chi connectivity index (χ3v) is 4.09. The quantitative estimate of drug-likeness (QED) is 0.485. The van der Waals surface area contributed by atoms with Crippen molar-refractivity contribution in [2.24, 2.45) is 0 Å². The lowest BCUT2D eigenvalue weighted by Gasteiger charge is -2.20. The molecule has 5 nitrogen and oxygen atoms in total. The van der Waals surface area contributed by atoms with Gasteiger partial charge in [0.05, 0.1) is 16.7 Å². The topological polar surface area (TPSA) is 57.0 Å². The minimum Gasteiger partial charge on any atom is -0.443 e. The molecule has 0 aliphatic carbocycles. The number of carbonyl (C=O) groups excluding carboxylic acids is 1. The van der Waals surface area contributed by atoms with E-state index in [-0.39, 0.29) is 0 Å². The van der Waals surface area contributed by atoms with Crippen molar-refractivity contribution >= 4 is 27.9 Å². The van der Waals surface area contributed by atoms with Crippen LogP contribution in [0.2, 0.25) is 0 Å². The summed E-state index contributed by atoms with van der Waals surface area (Å²) in [4.78, 5) is 21.8. The van der Waals surface area contributed by atoms with Crippen molar-refractivity contribution < 1.29 is 9.53 Å². The Bertz CT molecular complexity index is 1110. The van der Waals surface area contributed by atoms with E-state index in [1.807, 2.05) is 63.2 Å². The molecule has 4 aromatic rings. The highest BCUT2D eigenvalue weighted by Crippen LogP contribution is 2.34. The highest BCUT2D eigenvalue weighted by molar-refractivity contribution is 6.15. The van der Waals surface area contributed by atoms with Crippen LogP contribution in [-0.4, -0.2) is 26.2 Å². The average Bonchev–Trinajstić information content (AvgIpc) is 2.96. The second-order valence-corrected chi connectivity index (χ2v) is 7.13. The molecule has 3 aromatic heterocycles. The van der Waals surface area contributed by atoms with Crippen LogP contribution in [0.25, 0.3) is 33.1 Å². The van der Waals surface area contributed by atoms with Crippen LogP contribution in [0, 0.1) is 0 Å². The van der Waals surface area contributed by atoms with E-state index >= 15 is 0 Å². The Balaban J connectivity index is 2.09. The maximum atomic E-state index is 13.0. The van der Waals surface area contributed by atoms with E-state index in [9.17, 15) is 4.79 Å². The largest absolute Gasteiger partial charge is 0.443 e. The summed E-state index contributed by atoms with van der Waals surface area (Å²) in [5.74, 6) is 0. The van der Waals surface area contributed by atoms with Gasteiger partial charge in [-0.1, -0.05) is 18.2 Å². The van der Waals surface area contributed by atoms with E-state index in [0.717, 1.165) is 27.4 Å². The Hall–Kier alpha value is -3.21. The molecule has 0 fully saturated rings. The van der Waals surface area contributed by atoms with Crippen LogP contribution in [-0.2, 0) is 4.74 Å². The van der Waals surface area contributed by atoms with Crippen LogP contribution in [0.3, 0.4) is 0 Å². The first-order valence-electron chi connectivity index (χ1n) is 8.47. The molecular weight excluding hydrogens is 326 g/mol. The van der Waals surface area contributed by atoms with Gasteiger partial charge < -0.3 is 4.74 Å². The van der Waals surface area contributed by atoms with Crippen molar-refractivity contribution in [1.82, 2.24) is 14.5 Å². The summed E-state index contributed by atoms with van der Waals surface area (Å²) in [6.45, 7) is 5.58. The molecule has 130 valence electrons. The molecule has 0 bridgehead atoms. The van der Waals surface area contributed by atoms with Crippen molar-refractivity contribution in [3.8, 4) is 11.3 Å². The molecule has 26 heavy (non-hydrogen) atoms.